The van der Waals surface area contributed by atoms with Crippen LogP contribution in [0.15, 0.2) is 48.5 Å². The maximum absolute atomic E-state index is 11.7. The van der Waals surface area contributed by atoms with Crippen LogP contribution >= 0.6 is 0 Å². The molecule has 2 N–H and O–H groups in total. The first-order valence-corrected chi connectivity index (χ1v) is 7.46. The van der Waals surface area contributed by atoms with E-state index in [1.807, 2.05) is 31.2 Å². The van der Waals surface area contributed by atoms with Gasteiger partial charge in [-0.1, -0.05) is 0 Å². The van der Waals surface area contributed by atoms with Crippen molar-refractivity contribution in [2.45, 2.75) is 6.92 Å². The van der Waals surface area contributed by atoms with Crippen LogP contribution in [-0.2, 0) is 3.74 Å². The van der Waals surface area contributed by atoms with Crippen molar-refractivity contribution in [3.05, 3.63) is 54.1 Å². The van der Waals surface area contributed by atoms with Gasteiger partial charge >= 0.3 is 118 Å². The molecule has 2 rings (SSSR count). The summed E-state index contributed by atoms with van der Waals surface area (Å²) in [5.74, 6) is 0. The van der Waals surface area contributed by atoms with Crippen LogP contribution < -0.4 is 15.0 Å². The predicted molar refractivity (Wildman–Crippen MR) is 76.3 cm³/mol. The van der Waals surface area contributed by atoms with Gasteiger partial charge in [0, 0.05) is 0 Å². The Hall–Kier alpha value is -1.93. The molecule has 0 saturated heterocycles. The number of aryl methyl sites for hydroxylation is 1. The van der Waals surface area contributed by atoms with Crippen molar-refractivity contribution < 1.29 is 8.53 Å². The molecule has 0 bridgehead atoms. The number of urea groups is 1. The first-order valence-electron chi connectivity index (χ1n) is 5.75. The van der Waals surface area contributed by atoms with Crippen molar-refractivity contribution in [1.29, 1.82) is 0 Å². The van der Waals surface area contributed by atoms with Gasteiger partial charge in [-0.2, -0.15) is 0 Å². The van der Waals surface area contributed by atoms with Crippen LogP contribution in [0.2, 0.25) is 0 Å². The number of anilines is 2. The average Bonchev–Trinajstić information content (AvgIpc) is 2.42. The summed E-state index contributed by atoms with van der Waals surface area (Å²) in [6, 6.07) is 14.2. The van der Waals surface area contributed by atoms with Gasteiger partial charge in [-0.3, -0.25) is 0 Å². The summed E-state index contributed by atoms with van der Waals surface area (Å²) in [5.41, 5.74) is 2.55. The number of hydrogen-bond donors (Lipinski definition) is 2. The summed E-state index contributed by atoms with van der Waals surface area (Å²) in [4.78, 5) is 11.7. The molecule has 0 atom stereocenters. The zero-order chi connectivity index (χ0) is 13.7. The van der Waals surface area contributed by atoms with Gasteiger partial charge in [-0.25, -0.2) is 0 Å². The van der Waals surface area contributed by atoms with Gasteiger partial charge in [-0.15, -0.1) is 0 Å². The zero-order valence-corrected chi connectivity index (χ0v) is 12.3. The molecule has 2 aromatic carbocycles. The fraction of sp³-hybridized carbons (Fsp3) is 0.0714. The van der Waals surface area contributed by atoms with Crippen LogP contribution in [0.1, 0.15) is 5.56 Å². The van der Waals surface area contributed by atoms with Gasteiger partial charge < -0.3 is 0 Å². The molecule has 0 fully saturated rings. The molecular formula is C14H13AsN2O2. The van der Waals surface area contributed by atoms with Crippen LogP contribution in [0.25, 0.3) is 0 Å². The summed E-state index contributed by atoms with van der Waals surface area (Å²) in [7, 11) is 0. The normalized spacial score (nSPS) is 10.2. The van der Waals surface area contributed by atoms with Crippen molar-refractivity contribution in [2.24, 2.45) is 0 Å². The molecule has 19 heavy (non-hydrogen) atoms. The number of amides is 2. The van der Waals surface area contributed by atoms with E-state index in [1.165, 1.54) is 0 Å². The molecule has 2 amide bonds. The minimum atomic E-state index is -1.01. The second-order valence-electron chi connectivity index (χ2n) is 4.08. The third-order valence-electron chi connectivity index (χ3n) is 2.54. The van der Waals surface area contributed by atoms with Crippen LogP contribution in [-0.4, -0.2) is 21.7 Å². The Kier molecular flexibility index (Phi) is 4.47. The molecule has 0 unspecified atom stereocenters. The van der Waals surface area contributed by atoms with E-state index in [1.54, 1.807) is 24.3 Å². The maximum atomic E-state index is 11.7. The Balaban J connectivity index is 1.96. The number of rotatable bonds is 3. The number of carbonyl (C=O) groups excluding carboxylic acids is 1. The molecule has 4 nitrogen and oxygen atoms in total. The van der Waals surface area contributed by atoms with Crippen molar-refractivity contribution in [2.75, 3.05) is 10.6 Å². The molecule has 0 radical (unpaired) electrons. The monoisotopic (exact) mass is 316 g/mol. The van der Waals surface area contributed by atoms with Crippen LogP contribution in [0.3, 0.4) is 0 Å². The van der Waals surface area contributed by atoms with E-state index >= 15 is 0 Å². The Bertz CT molecular complexity index is 579. The van der Waals surface area contributed by atoms with Crippen molar-refractivity contribution >= 4 is 37.4 Å². The topological polar surface area (TPSA) is 58.2 Å². The second kappa shape index (κ2) is 6.30. The first kappa shape index (κ1) is 13.5. The van der Waals surface area contributed by atoms with Crippen LogP contribution in [0.4, 0.5) is 16.2 Å². The van der Waals surface area contributed by atoms with Gasteiger partial charge in [0.1, 0.15) is 0 Å². The van der Waals surface area contributed by atoms with E-state index < -0.39 is 15.7 Å². The van der Waals surface area contributed by atoms with Gasteiger partial charge in [0.05, 0.1) is 0 Å². The Morgan fingerprint density at radius 1 is 0.895 bits per heavy atom. The van der Waals surface area contributed by atoms with Gasteiger partial charge in [0.15, 0.2) is 0 Å². The first-order chi connectivity index (χ1) is 9.17. The van der Waals surface area contributed by atoms with E-state index in [-0.39, 0.29) is 6.03 Å². The van der Waals surface area contributed by atoms with Crippen molar-refractivity contribution in [3.63, 3.8) is 0 Å². The zero-order valence-electron chi connectivity index (χ0n) is 10.4. The van der Waals surface area contributed by atoms with E-state index in [0.29, 0.717) is 5.69 Å². The number of benzene rings is 2. The number of nitrogens with one attached hydrogen (secondary N) is 2. The molecule has 5 heteroatoms. The summed E-state index contributed by atoms with van der Waals surface area (Å²) in [5, 5.41) is 5.45. The fourth-order valence-electron chi connectivity index (χ4n) is 1.54. The van der Waals surface area contributed by atoms with Crippen molar-refractivity contribution in [1.82, 2.24) is 0 Å². The molecule has 0 aliphatic carbocycles. The molecule has 0 saturated carbocycles. The Morgan fingerprint density at radius 2 is 1.37 bits per heavy atom. The van der Waals surface area contributed by atoms with Crippen molar-refractivity contribution in [3.8, 4) is 0 Å². The SMILES string of the molecule is Cc1ccc(NC(=O)Nc2ccc([As]=O)cc2)cc1. The third-order valence-corrected chi connectivity index (χ3v) is 3.61. The third kappa shape index (κ3) is 4.04. The fourth-order valence-corrected chi connectivity index (χ4v) is 2.10. The predicted octanol–water partition coefficient (Wildman–Crippen LogP) is 2.31. The molecular weight excluding hydrogens is 303 g/mol. The molecule has 0 heterocycles. The molecule has 0 aromatic heterocycles. The van der Waals surface area contributed by atoms with Gasteiger partial charge in [0.2, 0.25) is 0 Å². The second-order valence-corrected chi connectivity index (χ2v) is 5.55. The van der Waals surface area contributed by atoms with Crippen LogP contribution in [0, 0.1) is 6.92 Å². The summed E-state index contributed by atoms with van der Waals surface area (Å²) < 4.78 is 11.5. The molecule has 0 aliphatic rings. The van der Waals surface area contributed by atoms with Gasteiger partial charge in [-0.05, 0) is 0 Å². The molecule has 0 aliphatic heterocycles. The van der Waals surface area contributed by atoms with Crippen LogP contribution in [0.5, 0.6) is 0 Å². The molecule has 96 valence electrons. The summed E-state index contributed by atoms with van der Waals surface area (Å²) in [6.07, 6.45) is 0. The van der Waals surface area contributed by atoms with E-state index in [4.69, 9.17) is 0 Å². The van der Waals surface area contributed by atoms with E-state index in [2.05, 4.69) is 10.6 Å². The standard InChI is InChI=1S/C14H13AsN2O2/c1-10-2-6-12(7-3-10)16-14(18)17-13-8-4-11(15-19)5-9-13/h2-9H,1H3,(H2,16,17,18). The summed E-state index contributed by atoms with van der Waals surface area (Å²) >= 11 is -1.01. The Morgan fingerprint density at radius 3 is 1.84 bits per heavy atom. The van der Waals surface area contributed by atoms with E-state index in [9.17, 15) is 8.53 Å². The average molecular weight is 316 g/mol. The minimum absolute atomic E-state index is 0.299. The summed E-state index contributed by atoms with van der Waals surface area (Å²) in [6.45, 7) is 1.99. The van der Waals surface area contributed by atoms with Gasteiger partial charge in [0.25, 0.3) is 0 Å². The quantitative estimate of drug-likeness (QED) is 0.854. The number of hydrogen-bond acceptors (Lipinski definition) is 2. The Labute approximate surface area is 118 Å². The van der Waals surface area contributed by atoms with E-state index in [0.717, 1.165) is 15.6 Å². The number of carbonyl (C=O) groups is 1. The molecule has 0 spiro atoms. The molecule has 2 aromatic rings.